The van der Waals surface area contributed by atoms with Gasteiger partial charge in [-0.1, -0.05) is 0 Å². The minimum absolute atomic E-state index is 0.246. The fourth-order valence-corrected chi connectivity index (χ4v) is 3.69. The van der Waals surface area contributed by atoms with Crippen molar-refractivity contribution in [2.45, 2.75) is 13.0 Å². The molecular weight excluding hydrogens is 338 g/mol. The second-order valence-electron chi connectivity index (χ2n) is 4.57. The molecule has 2 aromatic heterocycles. The van der Waals surface area contributed by atoms with Crippen LogP contribution in [0.1, 0.15) is 22.2 Å². The summed E-state index contributed by atoms with van der Waals surface area (Å²) in [5, 5.41) is 1.05. The van der Waals surface area contributed by atoms with Gasteiger partial charge in [0.05, 0.1) is 16.9 Å². The summed E-state index contributed by atoms with van der Waals surface area (Å²) in [4.78, 5) is 1.07. The van der Waals surface area contributed by atoms with Crippen LogP contribution in [0.2, 0.25) is 0 Å². The predicted molar refractivity (Wildman–Crippen MR) is 85.6 cm³/mol. The number of ether oxygens (including phenoxy) is 1. The summed E-state index contributed by atoms with van der Waals surface area (Å²) in [6.07, 6.45) is 0. The van der Waals surface area contributed by atoms with Gasteiger partial charge in [-0.15, -0.1) is 11.3 Å². The van der Waals surface area contributed by atoms with Crippen molar-refractivity contribution in [3.05, 3.63) is 50.3 Å². The first kappa shape index (κ1) is 13.7. The van der Waals surface area contributed by atoms with Crippen molar-refractivity contribution in [2.75, 3.05) is 7.11 Å². The number of benzene rings is 1. The fourth-order valence-electron chi connectivity index (χ4n) is 2.27. The van der Waals surface area contributed by atoms with Gasteiger partial charge in [0, 0.05) is 15.8 Å². The molecule has 2 N–H and O–H groups in total. The van der Waals surface area contributed by atoms with Crippen LogP contribution in [0.3, 0.4) is 0 Å². The normalized spacial score (nSPS) is 12.8. The molecule has 104 valence electrons. The summed E-state index contributed by atoms with van der Waals surface area (Å²) < 4.78 is 12.3. The van der Waals surface area contributed by atoms with E-state index in [0.717, 1.165) is 36.7 Å². The Balaban J connectivity index is 2.09. The van der Waals surface area contributed by atoms with Crippen LogP contribution in [0, 0.1) is 6.92 Å². The monoisotopic (exact) mass is 351 g/mol. The number of methoxy groups -OCH3 is 1. The van der Waals surface area contributed by atoms with E-state index < -0.39 is 0 Å². The number of halogens is 1. The van der Waals surface area contributed by atoms with E-state index in [4.69, 9.17) is 14.9 Å². The molecule has 0 aliphatic carbocycles. The van der Waals surface area contributed by atoms with Crippen molar-refractivity contribution in [1.29, 1.82) is 0 Å². The number of hydrogen-bond donors (Lipinski definition) is 1. The second-order valence-corrected chi connectivity index (χ2v) is 7.07. The highest BCUT2D eigenvalue weighted by atomic mass is 79.9. The molecule has 0 fully saturated rings. The molecule has 0 spiro atoms. The zero-order chi connectivity index (χ0) is 14.3. The molecule has 1 aromatic carbocycles. The molecule has 0 radical (unpaired) electrons. The van der Waals surface area contributed by atoms with E-state index in [9.17, 15) is 0 Å². The standard InChI is InChI=1S/C15H14BrNO2S/c1-8-10-7-9(18-2)3-4-11(10)19-15(8)14(17)12-5-6-13(16)20-12/h3-7,14H,17H2,1-2H3. The first-order valence-electron chi connectivity index (χ1n) is 6.18. The maximum atomic E-state index is 6.33. The van der Waals surface area contributed by atoms with E-state index in [2.05, 4.69) is 15.9 Å². The summed E-state index contributed by atoms with van der Waals surface area (Å²) in [5.41, 5.74) is 8.23. The van der Waals surface area contributed by atoms with Gasteiger partial charge in [-0.05, 0) is 53.2 Å². The van der Waals surface area contributed by atoms with Gasteiger partial charge in [-0.2, -0.15) is 0 Å². The highest BCUT2D eigenvalue weighted by molar-refractivity contribution is 9.11. The number of aryl methyl sites for hydroxylation is 1. The molecular formula is C15H14BrNO2S. The maximum absolute atomic E-state index is 6.33. The van der Waals surface area contributed by atoms with Gasteiger partial charge in [0.2, 0.25) is 0 Å². The van der Waals surface area contributed by atoms with E-state index in [1.54, 1.807) is 18.4 Å². The van der Waals surface area contributed by atoms with Crippen molar-refractivity contribution in [2.24, 2.45) is 5.73 Å². The number of nitrogens with two attached hydrogens (primary N) is 1. The van der Waals surface area contributed by atoms with Crippen molar-refractivity contribution < 1.29 is 9.15 Å². The molecule has 3 nitrogen and oxygen atoms in total. The van der Waals surface area contributed by atoms with Gasteiger partial charge in [0.1, 0.15) is 17.1 Å². The van der Waals surface area contributed by atoms with Crippen LogP contribution in [0.4, 0.5) is 0 Å². The highest BCUT2D eigenvalue weighted by Crippen LogP contribution is 2.36. The third-order valence-corrected chi connectivity index (χ3v) is 5.07. The zero-order valence-corrected chi connectivity index (χ0v) is 13.5. The van der Waals surface area contributed by atoms with Gasteiger partial charge in [0.25, 0.3) is 0 Å². The van der Waals surface area contributed by atoms with E-state index >= 15 is 0 Å². The smallest absolute Gasteiger partial charge is 0.134 e. The van der Waals surface area contributed by atoms with Crippen LogP contribution in [-0.2, 0) is 0 Å². The Morgan fingerprint density at radius 2 is 2.10 bits per heavy atom. The first-order chi connectivity index (χ1) is 9.60. The zero-order valence-electron chi connectivity index (χ0n) is 11.1. The molecule has 3 aromatic rings. The van der Waals surface area contributed by atoms with Crippen molar-refractivity contribution in [3.63, 3.8) is 0 Å². The Labute approximate surface area is 129 Å². The topological polar surface area (TPSA) is 48.4 Å². The predicted octanol–water partition coefficient (Wildman–Crippen LogP) is 4.62. The van der Waals surface area contributed by atoms with Gasteiger partial charge in [-0.25, -0.2) is 0 Å². The molecule has 20 heavy (non-hydrogen) atoms. The first-order valence-corrected chi connectivity index (χ1v) is 7.79. The fraction of sp³-hybridized carbons (Fsp3) is 0.200. The molecule has 0 amide bonds. The lowest BCUT2D eigenvalue weighted by Crippen LogP contribution is -2.10. The summed E-state index contributed by atoms with van der Waals surface area (Å²) in [7, 11) is 1.66. The molecule has 5 heteroatoms. The van der Waals surface area contributed by atoms with Crippen LogP contribution in [-0.4, -0.2) is 7.11 Å². The summed E-state index contributed by atoms with van der Waals surface area (Å²) in [5.74, 6) is 1.63. The van der Waals surface area contributed by atoms with Crippen LogP contribution < -0.4 is 10.5 Å². The Kier molecular flexibility index (Phi) is 3.58. The largest absolute Gasteiger partial charge is 0.497 e. The molecule has 3 rings (SSSR count). The number of hydrogen-bond acceptors (Lipinski definition) is 4. The third-order valence-electron chi connectivity index (χ3n) is 3.36. The average Bonchev–Trinajstić information content (AvgIpc) is 3.02. The minimum atomic E-state index is -0.246. The van der Waals surface area contributed by atoms with Crippen LogP contribution >= 0.6 is 27.3 Å². The molecule has 0 bridgehead atoms. The van der Waals surface area contributed by atoms with E-state index in [1.807, 2.05) is 37.3 Å². The minimum Gasteiger partial charge on any atom is -0.497 e. The Bertz CT molecular complexity index is 762. The van der Waals surface area contributed by atoms with Gasteiger partial charge in [0.15, 0.2) is 0 Å². The Hall–Kier alpha value is -1.30. The Morgan fingerprint density at radius 1 is 1.30 bits per heavy atom. The number of rotatable bonds is 3. The highest BCUT2D eigenvalue weighted by Gasteiger charge is 2.20. The SMILES string of the molecule is COc1ccc2oc(C(N)c3ccc(Br)s3)c(C)c2c1. The van der Waals surface area contributed by atoms with Crippen LogP contribution in [0.15, 0.2) is 38.5 Å². The van der Waals surface area contributed by atoms with Gasteiger partial charge < -0.3 is 14.9 Å². The molecule has 1 unspecified atom stereocenters. The van der Waals surface area contributed by atoms with E-state index in [-0.39, 0.29) is 6.04 Å². The lowest BCUT2D eigenvalue weighted by Gasteiger charge is -2.07. The summed E-state index contributed by atoms with van der Waals surface area (Å²) in [6, 6.07) is 9.57. The van der Waals surface area contributed by atoms with E-state index in [0.29, 0.717) is 0 Å². The lowest BCUT2D eigenvalue weighted by atomic mass is 10.1. The molecule has 0 saturated heterocycles. The third kappa shape index (κ3) is 2.26. The molecule has 0 saturated carbocycles. The summed E-state index contributed by atoms with van der Waals surface area (Å²) >= 11 is 5.08. The number of furan rings is 1. The van der Waals surface area contributed by atoms with Gasteiger partial charge in [-0.3, -0.25) is 0 Å². The Morgan fingerprint density at radius 3 is 2.75 bits per heavy atom. The van der Waals surface area contributed by atoms with Crippen molar-refractivity contribution >= 4 is 38.2 Å². The quantitative estimate of drug-likeness (QED) is 0.748. The van der Waals surface area contributed by atoms with Crippen LogP contribution in [0.25, 0.3) is 11.0 Å². The summed E-state index contributed by atoms with van der Waals surface area (Å²) in [6.45, 7) is 2.03. The van der Waals surface area contributed by atoms with Crippen LogP contribution in [0.5, 0.6) is 5.75 Å². The molecule has 0 aliphatic heterocycles. The average molecular weight is 352 g/mol. The van der Waals surface area contributed by atoms with Crippen molar-refractivity contribution in [3.8, 4) is 5.75 Å². The number of thiophene rings is 1. The number of fused-ring (bicyclic) bond motifs is 1. The van der Waals surface area contributed by atoms with Gasteiger partial charge >= 0.3 is 0 Å². The second kappa shape index (κ2) is 5.24. The van der Waals surface area contributed by atoms with E-state index in [1.165, 1.54) is 0 Å². The molecule has 0 aliphatic rings. The molecule has 1 atom stereocenters. The molecule has 2 heterocycles. The maximum Gasteiger partial charge on any atom is 0.134 e. The van der Waals surface area contributed by atoms with Crippen molar-refractivity contribution in [1.82, 2.24) is 0 Å². The lowest BCUT2D eigenvalue weighted by molar-refractivity contribution is 0.415.